The Morgan fingerprint density at radius 2 is 1.55 bits per heavy atom. The van der Waals surface area contributed by atoms with Gasteiger partial charge in [0.1, 0.15) is 0 Å². The molecule has 2 aromatic heterocycles. The maximum Gasteiger partial charge on any atom is 0.381 e. The fourth-order valence-electron chi connectivity index (χ4n) is 5.28. The summed E-state index contributed by atoms with van der Waals surface area (Å²) in [6, 6.07) is 29.8. The summed E-state index contributed by atoms with van der Waals surface area (Å²) in [5, 5.41) is 4.10. The number of benzene rings is 4. The Labute approximate surface area is 231 Å². The van der Waals surface area contributed by atoms with Gasteiger partial charge in [-0.15, -0.1) is 59.5 Å². The average Bonchev–Trinajstić information content (AvgIpc) is 3.16. The molecule has 191 valence electrons. The van der Waals surface area contributed by atoms with E-state index >= 15 is 0 Å². The standard InChI is InChI=1S/C21H13F3N.C11H8N.Ir/c1-20(2)15-5-3-4-12-14-10-11(21(22,23)24)6-7-13(14)19-18(17(12)15)16(20)8-9-25-19;1-2-6-10(7-3-1)11-8-4-5-9-12-11;/h3-6,8-10H,1-2H3;1-6,8-9H;/q2*-1;. The van der Waals surface area contributed by atoms with E-state index in [1.807, 2.05) is 60.7 Å². The summed E-state index contributed by atoms with van der Waals surface area (Å²) in [5.74, 6) is 0. The maximum absolute atomic E-state index is 13.2. The zero-order chi connectivity index (χ0) is 25.8. The van der Waals surface area contributed by atoms with Crippen LogP contribution < -0.4 is 0 Å². The monoisotopic (exact) mass is 683 g/mol. The summed E-state index contributed by atoms with van der Waals surface area (Å²) in [4.78, 5) is 8.72. The molecule has 0 fully saturated rings. The van der Waals surface area contributed by atoms with E-state index in [1.54, 1.807) is 12.4 Å². The van der Waals surface area contributed by atoms with Crippen LogP contribution in [0.25, 0.3) is 43.7 Å². The molecular formula is C32H21F3IrN2-2. The molecule has 6 aromatic rings. The normalized spacial score (nSPS) is 13.4. The van der Waals surface area contributed by atoms with Crippen molar-refractivity contribution < 1.29 is 33.3 Å². The summed E-state index contributed by atoms with van der Waals surface area (Å²) in [5.41, 5.74) is 4.16. The zero-order valence-corrected chi connectivity index (χ0v) is 22.9. The van der Waals surface area contributed by atoms with E-state index in [0.29, 0.717) is 10.8 Å². The Kier molecular flexibility index (Phi) is 6.58. The molecule has 2 heterocycles. The van der Waals surface area contributed by atoms with Crippen molar-refractivity contribution in [3.05, 3.63) is 120 Å². The first kappa shape index (κ1) is 26.0. The SMILES string of the molecule is CC1(C)c2cccc3c4cc(C(F)(F)F)c[c-]c4c4nccc1c4c23.[Ir].[c-]1ccccc1-c1ccccn1. The van der Waals surface area contributed by atoms with Crippen molar-refractivity contribution in [2.24, 2.45) is 0 Å². The minimum Gasteiger partial charge on any atom is -0.305 e. The summed E-state index contributed by atoms with van der Waals surface area (Å²) in [6.07, 6.45) is -0.865. The Hall–Kier alpha value is -3.60. The van der Waals surface area contributed by atoms with Crippen LogP contribution in [0.15, 0.2) is 91.3 Å². The van der Waals surface area contributed by atoms with E-state index in [4.69, 9.17) is 0 Å². The first-order valence-corrected chi connectivity index (χ1v) is 11.9. The van der Waals surface area contributed by atoms with Gasteiger partial charge in [-0.05, 0) is 50.8 Å². The predicted molar refractivity (Wildman–Crippen MR) is 141 cm³/mol. The molecule has 0 amide bonds. The molecule has 0 N–H and O–H groups in total. The zero-order valence-electron chi connectivity index (χ0n) is 20.5. The molecule has 1 aliphatic rings. The molecule has 38 heavy (non-hydrogen) atoms. The first-order valence-electron chi connectivity index (χ1n) is 11.9. The Morgan fingerprint density at radius 1 is 0.763 bits per heavy atom. The van der Waals surface area contributed by atoms with Crippen LogP contribution in [0.1, 0.15) is 30.5 Å². The van der Waals surface area contributed by atoms with Gasteiger partial charge in [-0.25, -0.2) is 0 Å². The summed E-state index contributed by atoms with van der Waals surface area (Å²) in [7, 11) is 0. The van der Waals surface area contributed by atoms with E-state index in [2.05, 4.69) is 42.0 Å². The molecule has 0 saturated heterocycles. The van der Waals surface area contributed by atoms with Gasteiger partial charge in [-0.1, -0.05) is 55.0 Å². The van der Waals surface area contributed by atoms with Gasteiger partial charge in [-0.3, -0.25) is 0 Å². The Balaban J connectivity index is 0.000000191. The number of fused-ring (bicyclic) bond motifs is 3. The van der Waals surface area contributed by atoms with Gasteiger partial charge >= 0.3 is 6.18 Å². The maximum atomic E-state index is 13.2. The predicted octanol–water partition coefficient (Wildman–Crippen LogP) is 8.55. The smallest absolute Gasteiger partial charge is 0.305 e. The van der Waals surface area contributed by atoms with Crippen molar-refractivity contribution in [1.82, 2.24) is 9.97 Å². The van der Waals surface area contributed by atoms with E-state index in [0.717, 1.165) is 44.6 Å². The molecule has 1 aliphatic carbocycles. The molecule has 0 unspecified atom stereocenters. The largest absolute Gasteiger partial charge is 0.381 e. The molecule has 7 rings (SSSR count). The molecule has 0 aliphatic heterocycles. The molecule has 1 radical (unpaired) electrons. The van der Waals surface area contributed by atoms with Gasteiger partial charge in [0.2, 0.25) is 0 Å². The van der Waals surface area contributed by atoms with Crippen molar-refractivity contribution >= 4 is 32.4 Å². The molecule has 6 heteroatoms. The minimum absolute atomic E-state index is 0. The van der Waals surface area contributed by atoms with Crippen LogP contribution >= 0.6 is 0 Å². The van der Waals surface area contributed by atoms with Crippen molar-refractivity contribution in [2.45, 2.75) is 25.4 Å². The third-order valence-corrected chi connectivity index (χ3v) is 7.06. The van der Waals surface area contributed by atoms with Crippen LogP contribution in [0, 0.1) is 12.1 Å². The summed E-state index contributed by atoms with van der Waals surface area (Å²) < 4.78 is 39.6. The van der Waals surface area contributed by atoms with Gasteiger partial charge in [0.15, 0.2) is 0 Å². The molecular weight excluding hydrogens is 662 g/mol. The summed E-state index contributed by atoms with van der Waals surface area (Å²) in [6.45, 7) is 4.29. The fourth-order valence-corrected chi connectivity index (χ4v) is 5.28. The quantitative estimate of drug-likeness (QED) is 0.128. The van der Waals surface area contributed by atoms with Gasteiger partial charge in [0.25, 0.3) is 0 Å². The Morgan fingerprint density at radius 3 is 2.26 bits per heavy atom. The van der Waals surface area contributed by atoms with Crippen molar-refractivity contribution in [1.29, 1.82) is 0 Å². The molecule has 0 atom stereocenters. The van der Waals surface area contributed by atoms with Crippen LogP contribution in [0.2, 0.25) is 0 Å². The topological polar surface area (TPSA) is 25.8 Å². The van der Waals surface area contributed by atoms with Crippen LogP contribution in [0.4, 0.5) is 13.2 Å². The van der Waals surface area contributed by atoms with E-state index < -0.39 is 11.7 Å². The fraction of sp³-hybridized carbons (Fsp3) is 0.125. The minimum atomic E-state index is -4.39. The third kappa shape index (κ3) is 4.18. The second-order valence-electron chi connectivity index (χ2n) is 9.60. The molecule has 0 saturated carbocycles. The van der Waals surface area contributed by atoms with E-state index in [1.165, 1.54) is 11.6 Å². The number of hydrogen-bond donors (Lipinski definition) is 0. The number of alkyl halides is 3. The first-order chi connectivity index (χ1) is 17.8. The van der Waals surface area contributed by atoms with Crippen LogP contribution in [-0.4, -0.2) is 9.97 Å². The van der Waals surface area contributed by atoms with Gasteiger partial charge in [-0.2, -0.15) is 13.2 Å². The van der Waals surface area contributed by atoms with Crippen LogP contribution in [0.3, 0.4) is 0 Å². The van der Waals surface area contributed by atoms with Crippen molar-refractivity contribution in [2.75, 3.05) is 0 Å². The van der Waals surface area contributed by atoms with Crippen LogP contribution in [-0.2, 0) is 31.7 Å². The Bertz CT molecular complexity index is 1740. The number of aromatic nitrogens is 2. The van der Waals surface area contributed by atoms with Crippen molar-refractivity contribution in [3.8, 4) is 11.3 Å². The summed E-state index contributed by atoms with van der Waals surface area (Å²) >= 11 is 0. The van der Waals surface area contributed by atoms with E-state index in [9.17, 15) is 13.2 Å². The molecule has 4 aromatic carbocycles. The second kappa shape index (κ2) is 9.61. The van der Waals surface area contributed by atoms with Crippen LogP contribution in [0.5, 0.6) is 0 Å². The van der Waals surface area contributed by atoms with Gasteiger partial charge in [0.05, 0.1) is 0 Å². The second-order valence-corrected chi connectivity index (χ2v) is 9.60. The number of halogens is 3. The van der Waals surface area contributed by atoms with Gasteiger partial charge < -0.3 is 9.97 Å². The number of hydrogen-bond acceptors (Lipinski definition) is 2. The van der Waals surface area contributed by atoms with Gasteiger partial charge in [0, 0.05) is 37.9 Å². The number of rotatable bonds is 1. The molecule has 2 nitrogen and oxygen atoms in total. The molecule has 0 spiro atoms. The number of pyridine rings is 2. The van der Waals surface area contributed by atoms with Crippen molar-refractivity contribution in [3.63, 3.8) is 0 Å². The average molecular weight is 683 g/mol. The third-order valence-electron chi connectivity index (χ3n) is 7.06. The number of nitrogens with zero attached hydrogens (tertiary/aromatic N) is 2. The molecule has 0 bridgehead atoms. The van der Waals surface area contributed by atoms with E-state index in [-0.39, 0.29) is 25.5 Å².